The van der Waals surface area contributed by atoms with Crippen molar-refractivity contribution in [3.63, 3.8) is 0 Å². The molecule has 1 aromatic carbocycles. The first kappa shape index (κ1) is 12.6. The van der Waals surface area contributed by atoms with Crippen molar-refractivity contribution in [2.24, 2.45) is 0 Å². The molecular weight excluding hydrogens is 298 g/mol. The van der Waals surface area contributed by atoms with E-state index in [-0.39, 0.29) is 5.56 Å². The van der Waals surface area contributed by atoms with Crippen molar-refractivity contribution >= 4 is 21.9 Å². The number of aryl methyl sites for hydroxylation is 1. The summed E-state index contributed by atoms with van der Waals surface area (Å²) in [6, 6.07) is 8.60. The molecule has 0 atom stereocenters. The van der Waals surface area contributed by atoms with Crippen molar-refractivity contribution < 1.29 is 9.90 Å². The summed E-state index contributed by atoms with van der Waals surface area (Å²) in [5.41, 5.74) is 0.835. The third-order valence-corrected chi connectivity index (χ3v) is 2.93. The van der Waals surface area contributed by atoms with Crippen LogP contribution < -0.4 is 5.56 Å². The molecule has 18 heavy (non-hydrogen) atoms. The highest BCUT2D eigenvalue weighted by Crippen LogP contribution is 2.14. The van der Waals surface area contributed by atoms with Crippen LogP contribution in [0.3, 0.4) is 0 Å². The number of aromatic carboxylic acids is 1. The van der Waals surface area contributed by atoms with Gasteiger partial charge >= 0.3 is 5.97 Å². The van der Waals surface area contributed by atoms with Crippen LogP contribution in [-0.4, -0.2) is 15.6 Å². The van der Waals surface area contributed by atoms with Gasteiger partial charge in [0.1, 0.15) is 5.56 Å². The molecule has 0 saturated carbocycles. The molecule has 0 aliphatic heterocycles. The summed E-state index contributed by atoms with van der Waals surface area (Å²) < 4.78 is 1.86. The number of rotatable bonds is 2. The van der Waals surface area contributed by atoms with Crippen LogP contribution in [-0.2, 0) is 0 Å². The van der Waals surface area contributed by atoms with E-state index in [9.17, 15) is 9.59 Å². The molecule has 0 spiro atoms. The number of nitrogens with zero attached hydrogens (tertiary/aromatic N) is 1. The van der Waals surface area contributed by atoms with Gasteiger partial charge in [-0.05, 0) is 46.6 Å². The summed E-state index contributed by atoms with van der Waals surface area (Å²) in [5.74, 6) is -1.23. The van der Waals surface area contributed by atoms with Crippen LogP contribution in [0.25, 0.3) is 5.69 Å². The fourth-order valence-corrected chi connectivity index (χ4v) is 2.11. The molecule has 0 saturated heterocycles. The quantitative estimate of drug-likeness (QED) is 0.927. The molecule has 4 nitrogen and oxygen atoms in total. The number of hydrogen-bond acceptors (Lipinski definition) is 2. The van der Waals surface area contributed by atoms with Gasteiger partial charge in [0.25, 0.3) is 5.56 Å². The second-order valence-corrected chi connectivity index (χ2v) is 4.81. The Morgan fingerprint density at radius 3 is 2.67 bits per heavy atom. The third-order valence-electron chi connectivity index (χ3n) is 2.49. The lowest BCUT2D eigenvalue weighted by Crippen LogP contribution is -2.24. The molecule has 2 rings (SSSR count). The number of carboxylic acid groups (broad SMARTS) is 1. The molecule has 0 aliphatic rings. The van der Waals surface area contributed by atoms with E-state index in [0.717, 1.165) is 5.56 Å². The van der Waals surface area contributed by atoms with Crippen molar-refractivity contribution in [2.75, 3.05) is 0 Å². The molecule has 1 heterocycles. The van der Waals surface area contributed by atoms with E-state index < -0.39 is 11.5 Å². The molecule has 0 amide bonds. The molecule has 1 aromatic heterocycles. The summed E-state index contributed by atoms with van der Waals surface area (Å²) in [6.45, 7) is 1.91. The Kier molecular flexibility index (Phi) is 3.34. The number of halogens is 1. The molecule has 0 fully saturated rings. The SMILES string of the molecule is Cc1cccc(-n2cc(Br)cc(C(=O)O)c2=O)c1. The van der Waals surface area contributed by atoms with Crippen molar-refractivity contribution in [3.05, 3.63) is 62.5 Å². The first-order valence-corrected chi connectivity index (χ1v) is 6.01. The van der Waals surface area contributed by atoms with Gasteiger partial charge in [0.05, 0.1) is 0 Å². The Bertz CT molecular complexity index is 676. The summed E-state index contributed by atoms with van der Waals surface area (Å²) >= 11 is 3.21. The highest BCUT2D eigenvalue weighted by atomic mass is 79.9. The topological polar surface area (TPSA) is 59.3 Å². The Morgan fingerprint density at radius 1 is 1.33 bits per heavy atom. The van der Waals surface area contributed by atoms with Crippen molar-refractivity contribution in [1.82, 2.24) is 4.57 Å². The minimum absolute atomic E-state index is 0.258. The van der Waals surface area contributed by atoms with Crippen LogP contribution in [0.1, 0.15) is 15.9 Å². The molecule has 0 bridgehead atoms. The lowest BCUT2D eigenvalue weighted by Gasteiger charge is -2.08. The van der Waals surface area contributed by atoms with Crippen molar-refractivity contribution in [1.29, 1.82) is 0 Å². The maximum atomic E-state index is 12.0. The smallest absolute Gasteiger partial charge is 0.341 e. The number of carbonyl (C=O) groups is 1. The Hall–Kier alpha value is -1.88. The van der Waals surface area contributed by atoms with E-state index in [0.29, 0.717) is 10.2 Å². The van der Waals surface area contributed by atoms with Crippen molar-refractivity contribution in [2.45, 2.75) is 6.92 Å². The van der Waals surface area contributed by atoms with Crippen LogP contribution in [0.15, 0.2) is 45.8 Å². The van der Waals surface area contributed by atoms with Crippen LogP contribution >= 0.6 is 15.9 Å². The van der Waals surface area contributed by atoms with E-state index in [4.69, 9.17) is 5.11 Å². The zero-order chi connectivity index (χ0) is 13.3. The number of benzene rings is 1. The average molecular weight is 308 g/mol. The summed E-state index contributed by atoms with van der Waals surface area (Å²) in [4.78, 5) is 23.0. The predicted octanol–water partition coefficient (Wildman–Crippen LogP) is 2.61. The maximum absolute atomic E-state index is 12.0. The zero-order valence-electron chi connectivity index (χ0n) is 9.55. The standard InChI is InChI=1S/C13H10BrNO3/c1-8-3-2-4-10(5-8)15-7-9(14)6-11(12(15)16)13(17)18/h2-7H,1H3,(H,17,18). The van der Waals surface area contributed by atoms with Crippen LogP contribution in [0.5, 0.6) is 0 Å². The minimum atomic E-state index is -1.23. The zero-order valence-corrected chi connectivity index (χ0v) is 11.1. The second kappa shape index (κ2) is 4.78. The predicted molar refractivity (Wildman–Crippen MR) is 71.4 cm³/mol. The van der Waals surface area contributed by atoms with Gasteiger partial charge in [-0.1, -0.05) is 12.1 Å². The number of pyridine rings is 1. The van der Waals surface area contributed by atoms with E-state index in [1.54, 1.807) is 12.3 Å². The first-order valence-electron chi connectivity index (χ1n) is 5.21. The second-order valence-electron chi connectivity index (χ2n) is 3.89. The lowest BCUT2D eigenvalue weighted by molar-refractivity contribution is 0.0694. The van der Waals surface area contributed by atoms with Gasteiger partial charge in [-0.3, -0.25) is 9.36 Å². The summed E-state index contributed by atoms with van der Waals surface area (Å²) in [5, 5.41) is 8.98. The summed E-state index contributed by atoms with van der Waals surface area (Å²) in [6.07, 6.45) is 1.56. The largest absolute Gasteiger partial charge is 0.477 e. The van der Waals surface area contributed by atoms with Crippen LogP contribution in [0, 0.1) is 6.92 Å². The van der Waals surface area contributed by atoms with E-state index in [1.807, 2.05) is 25.1 Å². The minimum Gasteiger partial charge on any atom is -0.477 e. The highest BCUT2D eigenvalue weighted by Gasteiger charge is 2.13. The molecule has 5 heteroatoms. The third kappa shape index (κ3) is 2.36. The van der Waals surface area contributed by atoms with Crippen LogP contribution in [0.2, 0.25) is 0 Å². The lowest BCUT2D eigenvalue weighted by atomic mass is 10.2. The normalized spacial score (nSPS) is 10.3. The molecule has 0 unspecified atom stereocenters. The van der Waals surface area contributed by atoms with Gasteiger partial charge in [-0.2, -0.15) is 0 Å². The first-order chi connectivity index (χ1) is 8.49. The number of hydrogen-bond donors (Lipinski definition) is 1. The highest BCUT2D eigenvalue weighted by molar-refractivity contribution is 9.10. The summed E-state index contributed by atoms with van der Waals surface area (Å²) in [7, 11) is 0. The maximum Gasteiger partial charge on any atom is 0.341 e. The molecule has 0 aliphatic carbocycles. The van der Waals surface area contributed by atoms with E-state index >= 15 is 0 Å². The van der Waals surface area contributed by atoms with Gasteiger partial charge in [0, 0.05) is 16.4 Å². The molecule has 0 radical (unpaired) electrons. The van der Waals surface area contributed by atoms with Crippen LogP contribution in [0.4, 0.5) is 0 Å². The van der Waals surface area contributed by atoms with E-state index in [1.165, 1.54) is 10.6 Å². The van der Waals surface area contributed by atoms with Crippen molar-refractivity contribution in [3.8, 4) is 5.69 Å². The van der Waals surface area contributed by atoms with E-state index in [2.05, 4.69) is 15.9 Å². The van der Waals surface area contributed by atoms with Gasteiger partial charge in [0.2, 0.25) is 0 Å². The number of aromatic nitrogens is 1. The van der Waals surface area contributed by atoms with Gasteiger partial charge in [-0.25, -0.2) is 4.79 Å². The fourth-order valence-electron chi connectivity index (χ4n) is 1.67. The Labute approximate surface area is 112 Å². The molecule has 1 N–H and O–H groups in total. The van der Waals surface area contributed by atoms with Gasteiger partial charge in [0.15, 0.2) is 0 Å². The molecular formula is C13H10BrNO3. The Balaban J connectivity index is 2.72. The number of carboxylic acids is 1. The average Bonchev–Trinajstić information content (AvgIpc) is 2.31. The van der Waals surface area contributed by atoms with Gasteiger partial charge in [-0.15, -0.1) is 0 Å². The van der Waals surface area contributed by atoms with Gasteiger partial charge < -0.3 is 5.11 Å². The molecule has 92 valence electrons. The fraction of sp³-hybridized carbons (Fsp3) is 0.0769. The molecule has 2 aromatic rings. The monoisotopic (exact) mass is 307 g/mol. The Morgan fingerprint density at radius 2 is 2.06 bits per heavy atom.